The molecule has 17 heavy (non-hydrogen) atoms. The van der Waals surface area contributed by atoms with Crippen LogP contribution in [-0.2, 0) is 5.41 Å². The molecule has 90 valence electrons. The highest BCUT2D eigenvalue weighted by Crippen LogP contribution is 2.58. The predicted molar refractivity (Wildman–Crippen MR) is 67.4 cm³/mol. The van der Waals surface area contributed by atoms with E-state index in [4.69, 9.17) is 0 Å². The fourth-order valence-corrected chi connectivity index (χ4v) is 4.69. The maximum atomic E-state index is 9.74. The number of nitrogens with zero attached hydrogens (tertiary/aromatic N) is 1. The van der Waals surface area contributed by atoms with Crippen LogP contribution in [0.5, 0.6) is 5.75 Å². The Labute approximate surface area is 102 Å². The molecule has 0 saturated carbocycles. The highest BCUT2D eigenvalue weighted by atomic mass is 16.3. The van der Waals surface area contributed by atoms with Crippen molar-refractivity contribution in [1.82, 2.24) is 4.90 Å². The molecule has 0 unspecified atom stereocenters. The summed E-state index contributed by atoms with van der Waals surface area (Å²) in [4.78, 5) is 2.60. The molecule has 1 aliphatic carbocycles. The van der Waals surface area contributed by atoms with Crippen LogP contribution >= 0.6 is 0 Å². The zero-order valence-electron chi connectivity index (χ0n) is 10.5. The fraction of sp³-hybridized carbons (Fsp3) is 0.600. The second-order valence-electron chi connectivity index (χ2n) is 6.47. The molecule has 0 aromatic heterocycles. The number of fused-ring (bicyclic) bond motifs is 5. The Morgan fingerprint density at radius 1 is 1.35 bits per heavy atom. The Hall–Kier alpha value is -1.02. The number of rotatable bonds is 0. The molecule has 4 atom stereocenters. The van der Waals surface area contributed by atoms with Crippen molar-refractivity contribution in [2.75, 3.05) is 7.05 Å². The van der Waals surface area contributed by atoms with E-state index in [0.29, 0.717) is 17.1 Å². The topological polar surface area (TPSA) is 23.5 Å². The van der Waals surface area contributed by atoms with E-state index in [1.54, 1.807) is 0 Å². The first-order valence-corrected chi connectivity index (χ1v) is 6.64. The normalized spacial score (nSPS) is 42.8. The number of piperidine rings is 1. The van der Waals surface area contributed by atoms with Crippen LogP contribution in [0.15, 0.2) is 18.2 Å². The minimum atomic E-state index is 0.295. The van der Waals surface area contributed by atoms with E-state index >= 15 is 0 Å². The van der Waals surface area contributed by atoms with Crippen LogP contribution in [-0.4, -0.2) is 29.1 Å². The van der Waals surface area contributed by atoms with Crippen molar-refractivity contribution < 1.29 is 5.11 Å². The summed E-state index contributed by atoms with van der Waals surface area (Å²) in [6.45, 7) is 2.39. The van der Waals surface area contributed by atoms with Gasteiger partial charge in [-0.3, -0.25) is 4.90 Å². The maximum absolute atomic E-state index is 9.74. The number of aromatic hydroxyl groups is 1. The van der Waals surface area contributed by atoms with E-state index in [0.717, 1.165) is 12.1 Å². The third-order valence-corrected chi connectivity index (χ3v) is 5.52. The highest BCUT2D eigenvalue weighted by molar-refractivity contribution is 5.47. The SMILES string of the molecule is CN1[C@H]2C[C@H]3c4ccc(O)cc4[C@@](C)(C2)C[C@H]31. The zero-order valence-corrected chi connectivity index (χ0v) is 10.5. The van der Waals surface area contributed by atoms with Gasteiger partial charge in [0.15, 0.2) is 0 Å². The molecule has 3 aliphatic rings. The summed E-state index contributed by atoms with van der Waals surface area (Å²) < 4.78 is 0. The standard InChI is InChI=1S/C15H19NO/c1-15-7-9-5-12(14(8-15)16(9)2)11-4-3-10(17)6-13(11)15/h3-4,6,9,12,14,17H,5,7-8H2,1-2H3/t9-,12-,14+,15-/m0/s1. The first-order valence-electron chi connectivity index (χ1n) is 6.64. The van der Waals surface area contributed by atoms with Gasteiger partial charge in [-0.05, 0) is 55.0 Å². The summed E-state index contributed by atoms with van der Waals surface area (Å²) in [5, 5.41) is 9.74. The Kier molecular flexibility index (Phi) is 1.68. The van der Waals surface area contributed by atoms with Crippen LogP contribution in [0.3, 0.4) is 0 Å². The largest absolute Gasteiger partial charge is 0.508 e. The van der Waals surface area contributed by atoms with Crippen LogP contribution in [0.2, 0.25) is 0 Å². The van der Waals surface area contributed by atoms with E-state index in [9.17, 15) is 5.11 Å². The molecule has 2 nitrogen and oxygen atoms in total. The molecular formula is C15H19NO. The van der Waals surface area contributed by atoms with Gasteiger partial charge >= 0.3 is 0 Å². The fourth-order valence-electron chi connectivity index (χ4n) is 4.69. The molecule has 2 fully saturated rings. The van der Waals surface area contributed by atoms with Gasteiger partial charge in [0.25, 0.3) is 0 Å². The van der Waals surface area contributed by atoms with Gasteiger partial charge in [0.05, 0.1) is 0 Å². The Balaban J connectivity index is 1.96. The third kappa shape index (κ3) is 1.10. The molecular weight excluding hydrogens is 210 g/mol. The lowest BCUT2D eigenvalue weighted by Crippen LogP contribution is -2.49. The molecule has 0 spiro atoms. The van der Waals surface area contributed by atoms with Gasteiger partial charge in [0.2, 0.25) is 0 Å². The second-order valence-corrected chi connectivity index (χ2v) is 6.47. The molecule has 2 heterocycles. The van der Waals surface area contributed by atoms with Gasteiger partial charge in [-0.2, -0.15) is 0 Å². The Morgan fingerprint density at radius 2 is 2.18 bits per heavy atom. The first-order chi connectivity index (χ1) is 8.08. The summed E-state index contributed by atoms with van der Waals surface area (Å²) in [5.41, 5.74) is 3.23. The number of benzene rings is 1. The molecule has 1 aromatic carbocycles. The minimum absolute atomic E-state index is 0.295. The van der Waals surface area contributed by atoms with Gasteiger partial charge in [-0.15, -0.1) is 0 Å². The molecule has 0 amide bonds. The number of hydrogen-bond donors (Lipinski definition) is 1. The highest BCUT2D eigenvalue weighted by Gasteiger charge is 2.55. The van der Waals surface area contributed by atoms with Crippen LogP contribution in [0.25, 0.3) is 0 Å². The average Bonchev–Trinajstić information content (AvgIpc) is 2.48. The van der Waals surface area contributed by atoms with Crippen molar-refractivity contribution >= 4 is 0 Å². The van der Waals surface area contributed by atoms with Crippen molar-refractivity contribution in [3.05, 3.63) is 29.3 Å². The lowest BCUT2D eigenvalue weighted by atomic mass is 9.65. The van der Waals surface area contributed by atoms with Crippen molar-refractivity contribution in [3.8, 4) is 5.75 Å². The molecule has 1 aromatic rings. The Morgan fingerprint density at radius 3 is 3.00 bits per heavy atom. The number of hydrogen-bond acceptors (Lipinski definition) is 2. The van der Waals surface area contributed by atoms with Crippen molar-refractivity contribution in [3.63, 3.8) is 0 Å². The van der Waals surface area contributed by atoms with Crippen LogP contribution in [0.4, 0.5) is 0 Å². The summed E-state index contributed by atoms with van der Waals surface area (Å²) in [6.07, 6.45) is 3.84. The van der Waals surface area contributed by atoms with E-state index in [1.807, 2.05) is 12.1 Å². The average molecular weight is 229 g/mol. The van der Waals surface area contributed by atoms with Crippen molar-refractivity contribution in [1.29, 1.82) is 0 Å². The molecule has 1 N–H and O–H groups in total. The molecule has 4 rings (SSSR count). The number of phenolic OH excluding ortho intramolecular Hbond substituents is 1. The first kappa shape index (κ1) is 9.95. The molecule has 2 aliphatic heterocycles. The van der Waals surface area contributed by atoms with Gasteiger partial charge < -0.3 is 5.11 Å². The molecule has 2 heteroatoms. The smallest absolute Gasteiger partial charge is 0.115 e. The quantitative estimate of drug-likeness (QED) is 0.739. The van der Waals surface area contributed by atoms with E-state index in [2.05, 4.69) is 24.9 Å². The molecule has 3 bridgehead atoms. The van der Waals surface area contributed by atoms with Gasteiger partial charge in [-0.1, -0.05) is 13.0 Å². The van der Waals surface area contributed by atoms with Gasteiger partial charge in [0.1, 0.15) is 5.75 Å². The van der Waals surface area contributed by atoms with Crippen LogP contribution < -0.4 is 0 Å². The van der Waals surface area contributed by atoms with E-state index in [-0.39, 0.29) is 0 Å². The zero-order chi connectivity index (χ0) is 11.8. The van der Waals surface area contributed by atoms with Crippen LogP contribution in [0.1, 0.15) is 43.2 Å². The van der Waals surface area contributed by atoms with Crippen molar-refractivity contribution in [2.45, 2.75) is 49.6 Å². The predicted octanol–water partition coefficient (Wildman–Crippen LogP) is 2.61. The lowest BCUT2D eigenvalue weighted by Gasteiger charge is -2.48. The second kappa shape index (κ2) is 2.86. The Bertz CT molecular complexity index is 494. The van der Waals surface area contributed by atoms with Gasteiger partial charge in [0, 0.05) is 18.0 Å². The number of likely N-dealkylation sites (N-methyl/N-ethyl adjacent to an activating group) is 1. The van der Waals surface area contributed by atoms with Crippen LogP contribution in [0, 0.1) is 0 Å². The summed E-state index contributed by atoms with van der Waals surface area (Å²) in [6, 6.07) is 7.53. The number of phenols is 1. The summed E-state index contributed by atoms with van der Waals surface area (Å²) >= 11 is 0. The monoisotopic (exact) mass is 229 g/mol. The van der Waals surface area contributed by atoms with Crippen molar-refractivity contribution in [2.24, 2.45) is 0 Å². The summed E-state index contributed by atoms with van der Waals surface area (Å²) in [7, 11) is 2.29. The molecule has 2 saturated heterocycles. The lowest BCUT2D eigenvalue weighted by molar-refractivity contribution is 0.106. The third-order valence-electron chi connectivity index (χ3n) is 5.52. The van der Waals surface area contributed by atoms with E-state index in [1.165, 1.54) is 30.4 Å². The van der Waals surface area contributed by atoms with E-state index < -0.39 is 0 Å². The summed E-state index contributed by atoms with van der Waals surface area (Å²) in [5.74, 6) is 1.13. The maximum Gasteiger partial charge on any atom is 0.115 e. The molecule has 0 radical (unpaired) electrons. The minimum Gasteiger partial charge on any atom is -0.508 e. The van der Waals surface area contributed by atoms with Gasteiger partial charge in [-0.25, -0.2) is 0 Å².